The van der Waals surface area contributed by atoms with E-state index in [2.05, 4.69) is 5.32 Å². The summed E-state index contributed by atoms with van der Waals surface area (Å²) >= 11 is 0. The molecule has 1 amide bonds. The van der Waals surface area contributed by atoms with E-state index in [1.165, 1.54) is 7.11 Å². The van der Waals surface area contributed by atoms with Crippen molar-refractivity contribution in [3.05, 3.63) is 29.8 Å². The highest BCUT2D eigenvalue weighted by Crippen LogP contribution is 2.14. The molecule has 0 aliphatic rings. The second-order valence-electron chi connectivity index (χ2n) is 3.35. The van der Waals surface area contributed by atoms with E-state index in [0.29, 0.717) is 11.3 Å². The van der Waals surface area contributed by atoms with Gasteiger partial charge < -0.3 is 20.9 Å². The number of carbonyl (C=O) groups is 2. The molecule has 0 aliphatic carbocycles. The number of primary amides is 1. The number of rotatable bonds is 6. The van der Waals surface area contributed by atoms with Gasteiger partial charge in [-0.3, -0.25) is 4.79 Å². The van der Waals surface area contributed by atoms with Crippen LogP contribution in [0.15, 0.2) is 24.3 Å². The van der Waals surface area contributed by atoms with E-state index in [4.69, 9.17) is 15.6 Å². The van der Waals surface area contributed by atoms with E-state index in [-0.39, 0.29) is 6.54 Å². The first-order valence-corrected chi connectivity index (χ1v) is 4.94. The average molecular weight is 238 g/mol. The molecule has 6 nitrogen and oxygen atoms in total. The number of methoxy groups -OCH3 is 1. The lowest BCUT2D eigenvalue weighted by Crippen LogP contribution is -2.31. The third kappa shape index (κ3) is 3.46. The third-order valence-electron chi connectivity index (χ3n) is 2.23. The van der Waals surface area contributed by atoms with Gasteiger partial charge in [-0.25, -0.2) is 4.79 Å². The summed E-state index contributed by atoms with van der Waals surface area (Å²) in [7, 11) is 1.31. The van der Waals surface area contributed by atoms with Gasteiger partial charge in [-0.15, -0.1) is 0 Å². The van der Waals surface area contributed by atoms with Crippen LogP contribution < -0.4 is 11.1 Å². The lowest BCUT2D eigenvalue weighted by atomic mass is 10.1. The molecule has 0 saturated carbocycles. The van der Waals surface area contributed by atoms with Crippen LogP contribution in [0.2, 0.25) is 0 Å². The summed E-state index contributed by atoms with van der Waals surface area (Å²) < 4.78 is 4.76. The summed E-state index contributed by atoms with van der Waals surface area (Å²) in [6.45, 7) is 0.0517. The number of hydrogen-bond donors (Lipinski definition) is 3. The molecule has 1 rings (SSSR count). The molecule has 0 spiro atoms. The van der Waals surface area contributed by atoms with Crippen molar-refractivity contribution in [2.45, 2.75) is 6.10 Å². The lowest BCUT2D eigenvalue weighted by molar-refractivity contribution is -0.147. The largest absolute Gasteiger partial charge is 0.479 e. The number of para-hydroxylation sites is 1. The van der Waals surface area contributed by atoms with Gasteiger partial charge in [0.1, 0.15) is 0 Å². The van der Waals surface area contributed by atoms with Crippen molar-refractivity contribution in [1.82, 2.24) is 0 Å². The molecule has 0 bridgehead atoms. The van der Waals surface area contributed by atoms with Crippen molar-refractivity contribution >= 4 is 17.6 Å². The molecule has 0 fully saturated rings. The van der Waals surface area contributed by atoms with Crippen LogP contribution >= 0.6 is 0 Å². The summed E-state index contributed by atoms with van der Waals surface area (Å²) in [5.41, 5.74) is 5.99. The van der Waals surface area contributed by atoms with Gasteiger partial charge in [0.25, 0.3) is 5.91 Å². The number of carbonyl (C=O) groups excluding carboxylic acids is 1. The molecule has 0 aliphatic heterocycles. The van der Waals surface area contributed by atoms with Gasteiger partial charge in [0.15, 0.2) is 6.10 Å². The van der Waals surface area contributed by atoms with Crippen LogP contribution in [-0.4, -0.2) is 36.7 Å². The highest BCUT2D eigenvalue weighted by Gasteiger charge is 2.16. The van der Waals surface area contributed by atoms with Gasteiger partial charge in [-0.2, -0.15) is 0 Å². The third-order valence-corrected chi connectivity index (χ3v) is 2.23. The van der Waals surface area contributed by atoms with Crippen molar-refractivity contribution < 1.29 is 19.4 Å². The minimum Gasteiger partial charge on any atom is -0.479 e. The minimum atomic E-state index is -1.07. The molecule has 1 aromatic carbocycles. The first-order chi connectivity index (χ1) is 8.06. The van der Waals surface area contributed by atoms with Gasteiger partial charge in [0.05, 0.1) is 12.1 Å². The number of carboxylic acids is 1. The Balaban J connectivity index is 2.75. The van der Waals surface area contributed by atoms with E-state index in [1.807, 2.05) is 0 Å². The molecule has 0 heterocycles. The number of benzene rings is 1. The quantitative estimate of drug-likeness (QED) is 0.661. The molecule has 17 heavy (non-hydrogen) atoms. The normalized spacial score (nSPS) is 11.8. The maximum atomic E-state index is 11.1. The topological polar surface area (TPSA) is 102 Å². The number of amides is 1. The summed E-state index contributed by atoms with van der Waals surface area (Å²) in [5, 5.41) is 11.6. The van der Waals surface area contributed by atoms with Crippen molar-refractivity contribution in [3.8, 4) is 0 Å². The van der Waals surface area contributed by atoms with E-state index in [1.54, 1.807) is 24.3 Å². The first kappa shape index (κ1) is 13.0. The Bertz CT molecular complexity index is 420. The fourth-order valence-corrected chi connectivity index (χ4v) is 1.33. The number of carboxylic acid groups (broad SMARTS) is 1. The second-order valence-corrected chi connectivity index (χ2v) is 3.35. The maximum Gasteiger partial charge on any atom is 0.334 e. The van der Waals surface area contributed by atoms with Crippen LogP contribution in [0.4, 0.5) is 5.69 Å². The zero-order valence-corrected chi connectivity index (χ0v) is 9.34. The monoisotopic (exact) mass is 238 g/mol. The summed E-state index contributed by atoms with van der Waals surface area (Å²) in [6.07, 6.45) is -0.976. The van der Waals surface area contributed by atoms with E-state index in [9.17, 15) is 9.59 Å². The number of anilines is 1. The van der Waals surface area contributed by atoms with Gasteiger partial charge in [-0.05, 0) is 12.1 Å². The Hall–Kier alpha value is -2.08. The molecule has 0 aromatic heterocycles. The maximum absolute atomic E-state index is 11.1. The Labute approximate surface area is 98.4 Å². The van der Waals surface area contributed by atoms with Gasteiger partial charge in [-0.1, -0.05) is 12.1 Å². The Morgan fingerprint density at radius 1 is 1.47 bits per heavy atom. The number of hydrogen-bond acceptors (Lipinski definition) is 4. The van der Waals surface area contributed by atoms with E-state index in [0.717, 1.165) is 0 Å². The molecule has 0 radical (unpaired) electrons. The highest BCUT2D eigenvalue weighted by atomic mass is 16.5. The molecular formula is C11H14N2O4. The molecule has 92 valence electrons. The molecule has 0 saturated heterocycles. The average Bonchev–Trinajstić information content (AvgIpc) is 2.29. The van der Waals surface area contributed by atoms with Gasteiger partial charge >= 0.3 is 5.97 Å². The van der Waals surface area contributed by atoms with Crippen molar-refractivity contribution in [1.29, 1.82) is 0 Å². The molecule has 6 heteroatoms. The fourth-order valence-electron chi connectivity index (χ4n) is 1.33. The standard InChI is InChI=1S/C11H14N2O4/c1-17-9(11(15)16)6-13-8-5-3-2-4-7(8)10(12)14/h2-5,9,13H,6H2,1H3,(H2,12,14)(H,15,16). The van der Waals surface area contributed by atoms with Gasteiger partial charge in [0, 0.05) is 12.8 Å². The number of nitrogens with one attached hydrogen (secondary N) is 1. The number of ether oxygens (including phenoxy) is 1. The van der Waals surface area contributed by atoms with E-state index < -0.39 is 18.0 Å². The molecule has 1 aromatic rings. The Kier molecular flexibility index (Phi) is 4.47. The SMILES string of the molecule is COC(CNc1ccccc1C(N)=O)C(=O)O. The van der Waals surface area contributed by atoms with Crippen LogP contribution in [-0.2, 0) is 9.53 Å². The van der Waals surface area contributed by atoms with Crippen LogP contribution in [0.25, 0.3) is 0 Å². The highest BCUT2D eigenvalue weighted by molar-refractivity contribution is 5.98. The van der Waals surface area contributed by atoms with Crippen molar-refractivity contribution in [2.24, 2.45) is 5.73 Å². The van der Waals surface area contributed by atoms with Crippen LogP contribution in [0.5, 0.6) is 0 Å². The summed E-state index contributed by atoms with van der Waals surface area (Å²) in [5.74, 6) is -1.64. The zero-order valence-electron chi connectivity index (χ0n) is 9.34. The van der Waals surface area contributed by atoms with Crippen molar-refractivity contribution in [3.63, 3.8) is 0 Å². The lowest BCUT2D eigenvalue weighted by Gasteiger charge is -2.14. The molecule has 1 atom stereocenters. The predicted octanol–water partition coefficient (Wildman–Crippen LogP) is 0.297. The molecular weight excluding hydrogens is 224 g/mol. The van der Waals surface area contributed by atoms with Crippen molar-refractivity contribution in [2.75, 3.05) is 19.0 Å². The van der Waals surface area contributed by atoms with Crippen LogP contribution in [0.3, 0.4) is 0 Å². The second kappa shape index (κ2) is 5.86. The fraction of sp³-hybridized carbons (Fsp3) is 0.273. The Morgan fingerprint density at radius 2 is 2.12 bits per heavy atom. The number of aliphatic carboxylic acids is 1. The van der Waals surface area contributed by atoms with E-state index >= 15 is 0 Å². The molecule has 4 N–H and O–H groups in total. The smallest absolute Gasteiger partial charge is 0.334 e. The van der Waals surface area contributed by atoms with Crippen LogP contribution in [0, 0.1) is 0 Å². The summed E-state index contributed by atoms with van der Waals surface area (Å²) in [4.78, 5) is 21.8. The predicted molar refractivity (Wildman–Crippen MR) is 61.9 cm³/mol. The minimum absolute atomic E-state index is 0.0517. The van der Waals surface area contributed by atoms with Gasteiger partial charge in [0.2, 0.25) is 0 Å². The summed E-state index contributed by atoms with van der Waals surface area (Å²) in [6, 6.07) is 6.61. The van der Waals surface area contributed by atoms with Crippen LogP contribution in [0.1, 0.15) is 10.4 Å². The first-order valence-electron chi connectivity index (χ1n) is 4.94. The zero-order chi connectivity index (χ0) is 12.8. The molecule has 1 unspecified atom stereocenters. The number of nitrogens with two attached hydrogens (primary N) is 1. The Morgan fingerprint density at radius 3 is 2.65 bits per heavy atom.